The molecule has 10 heteroatoms. The van der Waals surface area contributed by atoms with Crippen LogP contribution in [0.3, 0.4) is 0 Å². The molecule has 0 bridgehead atoms. The van der Waals surface area contributed by atoms with Crippen molar-refractivity contribution in [1.82, 2.24) is 24.0 Å². The SMILES string of the molecule is Cc1noc(-c2ccc(OC3CN(S(=O)(=O)c4cn(C)cn4)C3)cc2)n1. The van der Waals surface area contributed by atoms with E-state index in [9.17, 15) is 8.42 Å². The van der Waals surface area contributed by atoms with Gasteiger partial charge in [0.2, 0.25) is 0 Å². The molecule has 0 amide bonds. The first-order chi connectivity index (χ1) is 12.4. The van der Waals surface area contributed by atoms with Crippen molar-refractivity contribution in [2.24, 2.45) is 7.05 Å². The van der Waals surface area contributed by atoms with Gasteiger partial charge in [0.05, 0.1) is 19.4 Å². The predicted molar refractivity (Wildman–Crippen MR) is 90.9 cm³/mol. The van der Waals surface area contributed by atoms with Gasteiger partial charge < -0.3 is 13.8 Å². The lowest BCUT2D eigenvalue weighted by molar-refractivity contribution is 0.0760. The highest BCUT2D eigenvalue weighted by Gasteiger charge is 2.39. The zero-order chi connectivity index (χ0) is 18.3. The summed E-state index contributed by atoms with van der Waals surface area (Å²) in [6.45, 7) is 2.35. The molecule has 0 saturated carbocycles. The maximum absolute atomic E-state index is 12.4. The second kappa shape index (κ2) is 6.22. The number of rotatable bonds is 5. The second-order valence-electron chi connectivity index (χ2n) is 6.11. The third kappa shape index (κ3) is 3.08. The summed E-state index contributed by atoms with van der Waals surface area (Å²) >= 11 is 0. The number of hydrogen-bond acceptors (Lipinski definition) is 7. The topological polar surface area (TPSA) is 103 Å². The summed E-state index contributed by atoms with van der Waals surface area (Å²) in [5.74, 6) is 1.68. The van der Waals surface area contributed by atoms with Gasteiger partial charge in [-0.3, -0.25) is 0 Å². The van der Waals surface area contributed by atoms with Crippen molar-refractivity contribution in [3.05, 3.63) is 42.6 Å². The molecule has 1 aliphatic heterocycles. The molecule has 1 aliphatic rings. The van der Waals surface area contributed by atoms with E-state index in [1.807, 2.05) is 12.1 Å². The van der Waals surface area contributed by atoms with Crippen molar-refractivity contribution in [1.29, 1.82) is 0 Å². The predicted octanol–water partition coefficient (Wildman–Crippen LogP) is 1.23. The zero-order valence-corrected chi connectivity index (χ0v) is 15.0. The Bertz CT molecular complexity index is 1020. The van der Waals surface area contributed by atoms with E-state index in [0.29, 0.717) is 30.6 Å². The first-order valence-electron chi connectivity index (χ1n) is 7.97. The van der Waals surface area contributed by atoms with Crippen LogP contribution in [0.5, 0.6) is 5.75 Å². The number of sulfonamides is 1. The maximum Gasteiger partial charge on any atom is 0.262 e. The Hall–Kier alpha value is -2.72. The van der Waals surface area contributed by atoms with E-state index < -0.39 is 10.0 Å². The summed E-state index contributed by atoms with van der Waals surface area (Å²) < 4.78 is 38.7. The highest BCUT2D eigenvalue weighted by molar-refractivity contribution is 7.89. The molecule has 26 heavy (non-hydrogen) atoms. The minimum atomic E-state index is -3.55. The van der Waals surface area contributed by atoms with E-state index >= 15 is 0 Å². The molecule has 2 aromatic heterocycles. The van der Waals surface area contributed by atoms with Gasteiger partial charge in [0.15, 0.2) is 10.9 Å². The second-order valence-corrected chi connectivity index (χ2v) is 8.00. The molecule has 9 nitrogen and oxygen atoms in total. The van der Waals surface area contributed by atoms with Gasteiger partial charge in [-0.05, 0) is 31.2 Å². The van der Waals surface area contributed by atoms with Crippen LogP contribution in [0, 0.1) is 6.92 Å². The van der Waals surface area contributed by atoms with Gasteiger partial charge in [-0.15, -0.1) is 0 Å². The number of ether oxygens (including phenoxy) is 1. The standard InChI is InChI=1S/C16H17N5O4S/c1-11-18-16(25-19-11)12-3-5-13(6-4-12)24-14-7-21(8-14)26(22,23)15-9-20(2)10-17-15/h3-6,9-10,14H,7-8H2,1-2H3. The van der Waals surface area contributed by atoms with Gasteiger partial charge in [-0.2, -0.15) is 9.29 Å². The van der Waals surface area contributed by atoms with E-state index in [4.69, 9.17) is 9.26 Å². The summed E-state index contributed by atoms with van der Waals surface area (Å²) in [6, 6.07) is 7.24. The highest BCUT2D eigenvalue weighted by atomic mass is 32.2. The maximum atomic E-state index is 12.4. The molecule has 0 N–H and O–H groups in total. The molecule has 0 atom stereocenters. The molecule has 1 aromatic carbocycles. The Morgan fingerprint density at radius 3 is 2.54 bits per heavy atom. The molecule has 3 aromatic rings. The minimum absolute atomic E-state index is 0.0534. The van der Waals surface area contributed by atoms with Crippen molar-refractivity contribution >= 4 is 10.0 Å². The van der Waals surface area contributed by atoms with Crippen LogP contribution in [-0.2, 0) is 17.1 Å². The smallest absolute Gasteiger partial charge is 0.262 e. The van der Waals surface area contributed by atoms with Crippen molar-refractivity contribution in [3.63, 3.8) is 0 Å². The molecule has 0 spiro atoms. The largest absolute Gasteiger partial charge is 0.488 e. The highest BCUT2D eigenvalue weighted by Crippen LogP contribution is 2.26. The summed E-state index contributed by atoms with van der Waals surface area (Å²) in [7, 11) is -1.82. The minimum Gasteiger partial charge on any atom is -0.488 e. The van der Waals surface area contributed by atoms with Crippen LogP contribution in [-0.4, -0.2) is 51.6 Å². The number of aryl methyl sites for hydroxylation is 2. The van der Waals surface area contributed by atoms with Gasteiger partial charge >= 0.3 is 0 Å². The summed E-state index contributed by atoms with van der Waals surface area (Å²) in [6.07, 6.45) is 2.76. The van der Waals surface area contributed by atoms with Crippen LogP contribution in [0.1, 0.15) is 5.82 Å². The van der Waals surface area contributed by atoms with E-state index in [-0.39, 0.29) is 11.1 Å². The lowest BCUT2D eigenvalue weighted by Gasteiger charge is -2.37. The Morgan fingerprint density at radius 1 is 1.23 bits per heavy atom. The third-order valence-electron chi connectivity index (χ3n) is 4.03. The van der Waals surface area contributed by atoms with Crippen LogP contribution in [0.2, 0.25) is 0 Å². The Labute approximate surface area is 150 Å². The van der Waals surface area contributed by atoms with Gasteiger partial charge in [-0.1, -0.05) is 5.16 Å². The van der Waals surface area contributed by atoms with Gasteiger partial charge in [0, 0.05) is 18.8 Å². The molecule has 136 valence electrons. The third-order valence-corrected chi connectivity index (χ3v) is 5.75. The van der Waals surface area contributed by atoms with Crippen LogP contribution >= 0.6 is 0 Å². The molecule has 4 rings (SSSR count). The lowest BCUT2D eigenvalue weighted by atomic mass is 10.2. The van der Waals surface area contributed by atoms with Crippen LogP contribution in [0.25, 0.3) is 11.5 Å². The molecule has 0 unspecified atom stereocenters. The normalized spacial score (nSPS) is 15.8. The molecular weight excluding hydrogens is 358 g/mol. The monoisotopic (exact) mass is 375 g/mol. The quantitative estimate of drug-likeness (QED) is 0.661. The Morgan fingerprint density at radius 2 is 1.96 bits per heavy atom. The Balaban J connectivity index is 1.37. The average molecular weight is 375 g/mol. The lowest BCUT2D eigenvalue weighted by Crippen LogP contribution is -2.56. The average Bonchev–Trinajstić information content (AvgIpc) is 3.20. The zero-order valence-electron chi connectivity index (χ0n) is 14.2. The molecule has 0 radical (unpaired) electrons. The Kier molecular flexibility index (Phi) is 4.00. The first-order valence-corrected chi connectivity index (χ1v) is 9.41. The van der Waals surface area contributed by atoms with E-state index in [1.165, 1.54) is 16.8 Å². The van der Waals surface area contributed by atoms with Crippen molar-refractivity contribution in [2.75, 3.05) is 13.1 Å². The van der Waals surface area contributed by atoms with E-state index in [2.05, 4.69) is 15.1 Å². The van der Waals surface area contributed by atoms with Crippen LogP contribution in [0.4, 0.5) is 0 Å². The van der Waals surface area contributed by atoms with Gasteiger partial charge in [-0.25, -0.2) is 13.4 Å². The van der Waals surface area contributed by atoms with E-state index in [0.717, 1.165) is 5.56 Å². The molecule has 3 heterocycles. The van der Waals surface area contributed by atoms with Crippen molar-refractivity contribution < 1.29 is 17.7 Å². The van der Waals surface area contributed by atoms with Crippen molar-refractivity contribution in [2.45, 2.75) is 18.1 Å². The summed E-state index contributed by atoms with van der Waals surface area (Å²) in [5.41, 5.74) is 0.797. The number of aromatic nitrogens is 4. The number of nitrogens with zero attached hydrogens (tertiary/aromatic N) is 5. The van der Waals surface area contributed by atoms with Crippen LogP contribution < -0.4 is 4.74 Å². The molecule has 0 aliphatic carbocycles. The molecule has 1 saturated heterocycles. The number of hydrogen-bond donors (Lipinski definition) is 0. The van der Waals surface area contributed by atoms with Crippen LogP contribution in [0.15, 0.2) is 46.3 Å². The summed E-state index contributed by atoms with van der Waals surface area (Å²) in [5, 5.41) is 3.81. The fourth-order valence-corrected chi connectivity index (χ4v) is 4.08. The number of imidazole rings is 1. The molecule has 1 fully saturated rings. The fourth-order valence-electron chi connectivity index (χ4n) is 2.61. The van der Waals surface area contributed by atoms with Gasteiger partial charge in [0.25, 0.3) is 15.9 Å². The van der Waals surface area contributed by atoms with Crippen molar-refractivity contribution in [3.8, 4) is 17.2 Å². The van der Waals surface area contributed by atoms with Gasteiger partial charge in [0.1, 0.15) is 11.9 Å². The summed E-state index contributed by atoms with van der Waals surface area (Å²) in [4.78, 5) is 8.08. The van der Waals surface area contributed by atoms with E-state index in [1.54, 1.807) is 30.7 Å². The molecular formula is C16H17N5O4S. The first kappa shape index (κ1) is 16.7. The number of benzene rings is 1. The fraction of sp³-hybridized carbons (Fsp3) is 0.312.